The van der Waals surface area contributed by atoms with Crippen molar-refractivity contribution in [2.75, 3.05) is 7.05 Å². The van der Waals surface area contributed by atoms with Crippen LogP contribution in [0.3, 0.4) is 0 Å². The van der Waals surface area contributed by atoms with Crippen LogP contribution in [0.5, 0.6) is 0 Å². The molecule has 0 aliphatic heterocycles. The third-order valence-corrected chi connectivity index (χ3v) is 4.81. The van der Waals surface area contributed by atoms with Crippen LogP contribution in [0.15, 0.2) is 23.1 Å². The molecule has 1 aliphatic rings. The molecule has 1 aromatic rings. The van der Waals surface area contributed by atoms with Gasteiger partial charge in [0.25, 0.3) is 0 Å². The number of benzene rings is 1. The average molecular weight is 273 g/mol. The lowest BCUT2D eigenvalue weighted by molar-refractivity contribution is 0.0691. The molecule has 0 unspecified atom stereocenters. The highest BCUT2D eigenvalue weighted by atomic mass is 32.2. The summed E-state index contributed by atoms with van der Waals surface area (Å²) >= 11 is 0. The van der Waals surface area contributed by atoms with Crippen molar-refractivity contribution < 1.29 is 22.7 Å². The summed E-state index contributed by atoms with van der Waals surface area (Å²) in [7, 11) is -2.30. The molecule has 7 heteroatoms. The zero-order chi connectivity index (χ0) is 13.5. The van der Waals surface area contributed by atoms with Crippen molar-refractivity contribution in [1.82, 2.24) is 4.31 Å². The molecule has 0 atom stereocenters. The van der Waals surface area contributed by atoms with Crippen LogP contribution in [0.1, 0.15) is 23.2 Å². The lowest BCUT2D eigenvalue weighted by atomic mass is 10.2. The maximum atomic E-state index is 13.2. The Balaban J connectivity index is 2.44. The van der Waals surface area contributed by atoms with Crippen molar-refractivity contribution in [3.05, 3.63) is 29.6 Å². The van der Waals surface area contributed by atoms with Crippen LogP contribution in [-0.2, 0) is 10.0 Å². The molecule has 0 spiro atoms. The van der Waals surface area contributed by atoms with Crippen molar-refractivity contribution >= 4 is 16.0 Å². The first-order chi connectivity index (χ1) is 8.34. The monoisotopic (exact) mass is 273 g/mol. The fourth-order valence-corrected chi connectivity index (χ4v) is 3.07. The van der Waals surface area contributed by atoms with E-state index in [-0.39, 0.29) is 10.9 Å². The number of carbonyl (C=O) groups is 1. The van der Waals surface area contributed by atoms with Gasteiger partial charge in [0.2, 0.25) is 10.0 Å². The van der Waals surface area contributed by atoms with Crippen molar-refractivity contribution in [3.8, 4) is 0 Å². The molecule has 1 saturated carbocycles. The fourth-order valence-electron chi connectivity index (χ4n) is 1.63. The number of hydrogen-bond acceptors (Lipinski definition) is 3. The van der Waals surface area contributed by atoms with E-state index in [4.69, 9.17) is 5.11 Å². The summed E-state index contributed by atoms with van der Waals surface area (Å²) in [5.74, 6) is -2.44. The molecular formula is C11H12FNO4S. The van der Waals surface area contributed by atoms with Crippen LogP contribution in [-0.4, -0.2) is 36.9 Å². The molecule has 0 amide bonds. The number of rotatable bonds is 4. The first kappa shape index (κ1) is 13.0. The number of carboxylic acid groups (broad SMARTS) is 1. The maximum Gasteiger partial charge on any atom is 0.338 e. The van der Waals surface area contributed by atoms with Crippen LogP contribution in [0.4, 0.5) is 4.39 Å². The Morgan fingerprint density at radius 2 is 2.06 bits per heavy atom. The summed E-state index contributed by atoms with van der Waals surface area (Å²) in [6.07, 6.45) is 1.59. The van der Waals surface area contributed by atoms with Gasteiger partial charge in [0.15, 0.2) is 0 Å². The summed E-state index contributed by atoms with van der Waals surface area (Å²) in [5, 5.41) is 8.77. The second-order valence-corrected chi connectivity index (χ2v) is 6.20. The Bertz CT molecular complexity index is 595. The summed E-state index contributed by atoms with van der Waals surface area (Å²) < 4.78 is 38.6. The first-order valence-corrected chi connectivity index (χ1v) is 6.79. The molecule has 18 heavy (non-hydrogen) atoms. The second kappa shape index (κ2) is 4.33. The molecular weight excluding hydrogens is 261 g/mol. The van der Waals surface area contributed by atoms with E-state index in [2.05, 4.69) is 0 Å². The van der Waals surface area contributed by atoms with E-state index in [1.807, 2.05) is 0 Å². The Morgan fingerprint density at radius 3 is 2.56 bits per heavy atom. The van der Waals surface area contributed by atoms with E-state index in [0.29, 0.717) is 0 Å². The predicted molar refractivity (Wildman–Crippen MR) is 61.3 cm³/mol. The summed E-state index contributed by atoms with van der Waals surface area (Å²) in [4.78, 5) is 10.6. The molecule has 0 aromatic heterocycles. The number of sulfonamides is 1. The second-order valence-electron chi connectivity index (χ2n) is 4.20. The van der Waals surface area contributed by atoms with Gasteiger partial charge < -0.3 is 5.11 Å². The fraction of sp³-hybridized carbons (Fsp3) is 0.364. The van der Waals surface area contributed by atoms with E-state index in [1.54, 1.807) is 0 Å². The smallest absolute Gasteiger partial charge is 0.338 e. The Morgan fingerprint density at radius 1 is 1.44 bits per heavy atom. The van der Waals surface area contributed by atoms with Crippen LogP contribution in [0, 0.1) is 5.82 Å². The molecule has 2 rings (SSSR count). The molecule has 0 bridgehead atoms. The van der Waals surface area contributed by atoms with Crippen molar-refractivity contribution in [1.29, 1.82) is 0 Å². The van der Waals surface area contributed by atoms with Gasteiger partial charge in [0, 0.05) is 13.1 Å². The van der Waals surface area contributed by atoms with E-state index < -0.39 is 27.4 Å². The van der Waals surface area contributed by atoms with Gasteiger partial charge in [-0.3, -0.25) is 0 Å². The van der Waals surface area contributed by atoms with Crippen LogP contribution < -0.4 is 0 Å². The Labute approximate surface area is 104 Å². The minimum atomic E-state index is -3.75. The highest BCUT2D eigenvalue weighted by Crippen LogP contribution is 2.30. The van der Waals surface area contributed by atoms with E-state index in [1.165, 1.54) is 11.4 Å². The van der Waals surface area contributed by atoms with Crippen molar-refractivity contribution in [2.45, 2.75) is 23.8 Å². The predicted octanol–water partition coefficient (Wildman–Crippen LogP) is 1.31. The third kappa shape index (κ3) is 2.23. The van der Waals surface area contributed by atoms with Crippen LogP contribution >= 0.6 is 0 Å². The SMILES string of the molecule is CN(C1CC1)S(=O)(=O)c1ccc(F)c(C(=O)O)c1. The molecule has 1 aliphatic carbocycles. The highest BCUT2D eigenvalue weighted by Gasteiger charge is 2.35. The Kier molecular flexibility index (Phi) is 3.12. The minimum absolute atomic E-state index is 0.0340. The van der Waals surface area contributed by atoms with Gasteiger partial charge >= 0.3 is 5.97 Å². The highest BCUT2D eigenvalue weighted by molar-refractivity contribution is 7.89. The van der Waals surface area contributed by atoms with Crippen LogP contribution in [0.2, 0.25) is 0 Å². The number of aromatic carboxylic acids is 1. The number of hydrogen-bond donors (Lipinski definition) is 1. The molecule has 5 nitrogen and oxygen atoms in total. The van der Waals surface area contributed by atoms with E-state index in [0.717, 1.165) is 31.0 Å². The summed E-state index contributed by atoms with van der Waals surface area (Å²) in [6, 6.07) is 2.76. The molecule has 0 heterocycles. The molecule has 1 N–H and O–H groups in total. The van der Waals surface area contributed by atoms with Gasteiger partial charge in [-0.1, -0.05) is 0 Å². The quantitative estimate of drug-likeness (QED) is 0.897. The van der Waals surface area contributed by atoms with Gasteiger partial charge in [-0.25, -0.2) is 17.6 Å². The van der Waals surface area contributed by atoms with E-state index in [9.17, 15) is 17.6 Å². The molecule has 98 valence electrons. The number of halogens is 1. The molecule has 0 saturated heterocycles. The largest absolute Gasteiger partial charge is 0.478 e. The zero-order valence-electron chi connectivity index (χ0n) is 9.63. The van der Waals surface area contributed by atoms with Gasteiger partial charge in [-0.15, -0.1) is 0 Å². The standard InChI is InChI=1S/C11H12FNO4S/c1-13(7-2-3-7)18(16,17)8-4-5-10(12)9(6-8)11(14)15/h4-7H,2-3H2,1H3,(H,14,15). The van der Waals surface area contributed by atoms with Crippen molar-refractivity contribution in [3.63, 3.8) is 0 Å². The Hall–Kier alpha value is -1.47. The molecule has 0 radical (unpaired) electrons. The van der Waals surface area contributed by atoms with Crippen LogP contribution in [0.25, 0.3) is 0 Å². The average Bonchev–Trinajstić information content (AvgIpc) is 3.11. The van der Waals surface area contributed by atoms with Gasteiger partial charge in [-0.2, -0.15) is 4.31 Å². The molecule has 1 aromatic carbocycles. The van der Waals surface area contributed by atoms with E-state index >= 15 is 0 Å². The van der Waals surface area contributed by atoms with Gasteiger partial charge in [-0.05, 0) is 31.0 Å². The number of nitrogens with zero attached hydrogens (tertiary/aromatic N) is 1. The zero-order valence-corrected chi connectivity index (χ0v) is 10.4. The van der Waals surface area contributed by atoms with Gasteiger partial charge in [0.1, 0.15) is 5.82 Å². The normalized spacial score (nSPS) is 15.9. The summed E-state index contributed by atoms with van der Waals surface area (Å²) in [6.45, 7) is 0. The minimum Gasteiger partial charge on any atom is -0.478 e. The summed E-state index contributed by atoms with van der Waals surface area (Å²) in [5.41, 5.74) is -0.639. The lowest BCUT2D eigenvalue weighted by Crippen LogP contribution is -2.29. The van der Waals surface area contributed by atoms with Gasteiger partial charge in [0.05, 0.1) is 10.5 Å². The lowest BCUT2D eigenvalue weighted by Gasteiger charge is -2.16. The number of carboxylic acids is 1. The molecule has 1 fully saturated rings. The third-order valence-electron chi connectivity index (χ3n) is 2.91. The maximum absolute atomic E-state index is 13.2. The van der Waals surface area contributed by atoms with Crippen molar-refractivity contribution in [2.24, 2.45) is 0 Å². The first-order valence-electron chi connectivity index (χ1n) is 5.35. The topological polar surface area (TPSA) is 74.7 Å².